The maximum Gasteiger partial charge on any atom is 0.335 e. The third kappa shape index (κ3) is 2.50. The van der Waals surface area contributed by atoms with Crippen LogP contribution in [0.5, 0.6) is 0 Å². The largest absolute Gasteiger partial charge is 0.478 e. The number of carboxylic acids is 1. The van der Waals surface area contributed by atoms with Crippen molar-refractivity contribution >= 4 is 22.8 Å². The highest BCUT2D eigenvalue weighted by molar-refractivity contribution is 5.89. The predicted molar refractivity (Wildman–Crippen MR) is 83.7 cm³/mol. The van der Waals surface area contributed by atoms with Crippen molar-refractivity contribution in [2.75, 3.05) is 5.73 Å². The third-order valence-corrected chi connectivity index (χ3v) is 3.75. The second kappa shape index (κ2) is 5.48. The van der Waals surface area contributed by atoms with Crippen LogP contribution in [0.25, 0.3) is 11.0 Å². The second-order valence-corrected chi connectivity index (χ2v) is 5.22. The quantitative estimate of drug-likeness (QED) is 0.768. The van der Waals surface area contributed by atoms with Gasteiger partial charge < -0.3 is 15.4 Å². The van der Waals surface area contributed by atoms with Crippen LogP contribution in [-0.2, 0) is 19.9 Å². The van der Waals surface area contributed by atoms with Gasteiger partial charge in [0.2, 0.25) is 0 Å². The van der Waals surface area contributed by atoms with Crippen LogP contribution in [0, 0.1) is 0 Å². The Morgan fingerprint density at radius 2 is 1.95 bits per heavy atom. The summed E-state index contributed by atoms with van der Waals surface area (Å²) in [5, 5.41) is 9.80. The average Bonchev–Trinajstić information content (AvgIpc) is 2.83. The molecule has 112 valence electrons. The average molecular weight is 296 g/mol. The summed E-state index contributed by atoms with van der Waals surface area (Å²) in [6, 6.07) is 6.93. The lowest BCUT2D eigenvalue weighted by Crippen LogP contribution is -1.98. The van der Waals surface area contributed by atoms with E-state index in [1.165, 1.54) is 6.33 Å². The fraction of sp³-hybridized carbons (Fsp3) is 0.188. The zero-order chi connectivity index (χ0) is 15.7. The van der Waals surface area contributed by atoms with Gasteiger partial charge in [0.25, 0.3) is 0 Å². The standard InChI is InChI=1S/C16H16N4O2/c1-20-8-12(13-14(17)18-9-19-15(13)20)7-4-10-2-5-11(6-3-10)16(21)22/h2-3,5-6,8-9H,4,7H2,1H3,(H,21,22)(H2,17,18,19). The molecule has 0 saturated carbocycles. The number of aromatic nitrogens is 3. The van der Waals surface area contributed by atoms with Gasteiger partial charge in [-0.3, -0.25) is 0 Å². The molecule has 6 heteroatoms. The minimum atomic E-state index is -0.912. The van der Waals surface area contributed by atoms with Crippen LogP contribution in [0.4, 0.5) is 5.82 Å². The number of anilines is 1. The molecule has 6 nitrogen and oxygen atoms in total. The van der Waals surface area contributed by atoms with E-state index in [2.05, 4.69) is 9.97 Å². The summed E-state index contributed by atoms with van der Waals surface area (Å²) in [4.78, 5) is 19.2. The maximum absolute atomic E-state index is 10.8. The molecular weight excluding hydrogens is 280 g/mol. The van der Waals surface area contributed by atoms with Gasteiger partial charge in [-0.2, -0.15) is 0 Å². The molecule has 22 heavy (non-hydrogen) atoms. The Hall–Kier alpha value is -2.89. The Labute approximate surface area is 127 Å². The van der Waals surface area contributed by atoms with Gasteiger partial charge in [0.05, 0.1) is 10.9 Å². The number of nitrogen functional groups attached to an aromatic ring is 1. The van der Waals surface area contributed by atoms with Gasteiger partial charge in [-0.05, 0) is 36.1 Å². The molecule has 0 atom stereocenters. The summed E-state index contributed by atoms with van der Waals surface area (Å²) in [6.07, 6.45) is 5.07. The van der Waals surface area contributed by atoms with Crippen LogP contribution in [0.2, 0.25) is 0 Å². The van der Waals surface area contributed by atoms with Gasteiger partial charge in [-0.25, -0.2) is 14.8 Å². The number of aromatic carboxylic acids is 1. The zero-order valence-corrected chi connectivity index (χ0v) is 12.2. The van der Waals surface area contributed by atoms with Gasteiger partial charge in [0, 0.05) is 13.2 Å². The predicted octanol–water partition coefficient (Wildman–Crippen LogP) is 2.03. The van der Waals surface area contributed by atoms with Crippen molar-refractivity contribution in [3.8, 4) is 0 Å². The summed E-state index contributed by atoms with van der Waals surface area (Å²) < 4.78 is 1.94. The van der Waals surface area contributed by atoms with Gasteiger partial charge in [-0.15, -0.1) is 0 Å². The monoisotopic (exact) mass is 296 g/mol. The highest BCUT2D eigenvalue weighted by Crippen LogP contribution is 2.24. The van der Waals surface area contributed by atoms with E-state index in [0.717, 1.165) is 35.0 Å². The van der Waals surface area contributed by atoms with Gasteiger partial charge in [0.15, 0.2) is 0 Å². The third-order valence-electron chi connectivity index (χ3n) is 3.75. The molecule has 0 aliphatic carbocycles. The number of hydrogen-bond donors (Lipinski definition) is 2. The van der Waals surface area contributed by atoms with E-state index in [1.807, 2.05) is 29.9 Å². The highest BCUT2D eigenvalue weighted by Gasteiger charge is 2.11. The Balaban J connectivity index is 1.83. The second-order valence-electron chi connectivity index (χ2n) is 5.22. The minimum absolute atomic E-state index is 0.298. The van der Waals surface area contributed by atoms with Crippen molar-refractivity contribution in [1.29, 1.82) is 0 Å². The van der Waals surface area contributed by atoms with Crippen LogP contribution < -0.4 is 5.73 Å². The number of benzene rings is 1. The molecule has 0 bridgehead atoms. The van der Waals surface area contributed by atoms with Crippen LogP contribution in [-0.4, -0.2) is 25.6 Å². The first kappa shape index (κ1) is 14.1. The topological polar surface area (TPSA) is 94.0 Å². The lowest BCUT2D eigenvalue weighted by molar-refractivity contribution is 0.0697. The Morgan fingerprint density at radius 1 is 1.23 bits per heavy atom. The fourth-order valence-electron chi connectivity index (χ4n) is 2.61. The molecule has 0 aliphatic heterocycles. The molecule has 0 fully saturated rings. The molecule has 0 amide bonds. The molecule has 0 spiro atoms. The van der Waals surface area contributed by atoms with E-state index < -0.39 is 5.97 Å². The number of carboxylic acid groups (broad SMARTS) is 1. The van der Waals surface area contributed by atoms with Gasteiger partial charge in [-0.1, -0.05) is 12.1 Å². The van der Waals surface area contributed by atoms with E-state index in [1.54, 1.807) is 12.1 Å². The number of nitrogens with two attached hydrogens (primary N) is 1. The molecule has 0 unspecified atom stereocenters. The molecule has 0 aliphatic rings. The lowest BCUT2D eigenvalue weighted by Gasteiger charge is -2.03. The van der Waals surface area contributed by atoms with Crippen molar-refractivity contribution < 1.29 is 9.90 Å². The van der Waals surface area contributed by atoms with Crippen LogP contribution in [0.1, 0.15) is 21.5 Å². The number of rotatable bonds is 4. The molecule has 3 rings (SSSR count). The van der Waals surface area contributed by atoms with Crippen LogP contribution >= 0.6 is 0 Å². The van der Waals surface area contributed by atoms with Gasteiger partial charge >= 0.3 is 5.97 Å². The first-order valence-electron chi connectivity index (χ1n) is 6.93. The van der Waals surface area contributed by atoms with Crippen LogP contribution in [0.3, 0.4) is 0 Å². The summed E-state index contributed by atoms with van der Waals surface area (Å²) in [7, 11) is 1.93. The molecule has 1 aromatic carbocycles. The lowest BCUT2D eigenvalue weighted by atomic mass is 10.0. The number of nitrogens with zero attached hydrogens (tertiary/aromatic N) is 3. The molecule has 0 saturated heterocycles. The fourth-order valence-corrected chi connectivity index (χ4v) is 2.61. The normalized spacial score (nSPS) is 11.0. The molecule has 0 radical (unpaired) electrons. The van der Waals surface area contributed by atoms with E-state index in [-0.39, 0.29) is 0 Å². The molecule has 2 aromatic heterocycles. The smallest absolute Gasteiger partial charge is 0.335 e. The zero-order valence-electron chi connectivity index (χ0n) is 12.2. The first-order valence-corrected chi connectivity index (χ1v) is 6.93. The van der Waals surface area contributed by atoms with E-state index in [0.29, 0.717) is 11.4 Å². The summed E-state index contributed by atoms with van der Waals surface area (Å²) >= 11 is 0. The molecular formula is C16H16N4O2. The van der Waals surface area contributed by atoms with Crippen LogP contribution in [0.15, 0.2) is 36.8 Å². The Kier molecular flexibility index (Phi) is 3.50. The Bertz CT molecular complexity index is 837. The molecule has 3 N–H and O–H groups in total. The number of hydrogen-bond acceptors (Lipinski definition) is 4. The molecule has 2 heterocycles. The molecule has 3 aromatic rings. The van der Waals surface area contributed by atoms with E-state index in [9.17, 15) is 4.79 Å². The highest BCUT2D eigenvalue weighted by atomic mass is 16.4. The van der Waals surface area contributed by atoms with Crippen molar-refractivity contribution in [3.05, 3.63) is 53.5 Å². The van der Waals surface area contributed by atoms with Crippen molar-refractivity contribution in [2.24, 2.45) is 7.05 Å². The maximum atomic E-state index is 10.8. The minimum Gasteiger partial charge on any atom is -0.478 e. The first-order chi connectivity index (χ1) is 10.6. The number of aryl methyl sites for hydroxylation is 3. The van der Waals surface area contributed by atoms with Gasteiger partial charge in [0.1, 0.15) is 17.8 Å². The van der Waals surface area contributed by atoms with E-state index >= 15 is 0 Å². The Morgan fingerprint density at radius 3 is 2.64 bits per heavy atom. The van der Waals surface area contributed by atoms with Crippen molar-refractivity contribution in [1.82, 2.24) is 14.5 Å². The van der Waals surface area contributed by atoms with Crippen molar-refractivity contribution in [2.45, 2.75) is 12.8 Å². The SMILES string of the molecule is Cn1cc(CCc2ccc(C(=O)O)cc2)c2c(N)ncnc21. The number of fused-ring (bicyclic) bond motifs is 1. The summed E-state index contributed by atoms with van der Waals surface area (Å²) in [5.74, 6) is -0.424. The van der Waals surface area contributed by atoms with E-state index in [4.69, 9.17) is 10.8 Å². The van der Waals surface area contributed by atoms with Crippen molar-refractivity contribution in [3.63, 3.8) is 0 Å². The summed E-state index contributed by atoms with van der Waals surface area (Å²) in [6.45, 7) is 0. The number of carbonyl (C=O) groups is 1. The summed E-state index contributed by atoms with van der Waals surface area (Å²) in [5.41, 5.74) is 9.26.